The fourth-order valence-corrected chi connectivity index (χ4v) is 5.85. The fourth-order valence-electron chi connectivity index (χ4n) is 2.94. The van der Waals surface area contributed by atoms with E-state index in [2.05, 4.69) is 4.74 Å². The Kier molecular flexibility index (Phi) is 6.02. The van der Waals surface area contributed by atoms with Crippen molar-refractivity contribution >= 4 is 21.8 Å². The minimum absolute atomic E-state index is 0.146. The third-order valence-electron chi connectivity index (χ3n) is 4.16. The number of hydrogen-bond donors (Lipinski definition) is 0. The monoisotopic (exact) mass is 417 g/mol. The molecule has 1 fully saturated rings. The van der Waals surface area contributed by atoms with Crippen molar-refractivity contribution in [2.45, 2.75) is 22.9 Å². The Hall–Kier alpha value is -1.71. The summed E-state index contributed by atoms with van der Waals surface area (Å²) in [6.45, 7) is 0.464. The number of nitrogens with zero attached hydrogens (tertiary/aromatic N) is 1. The zero-order chi connectivity index (χ0) is 19.5. The van der Waals surface area contributed by atoms with Crippen LogP contribution in [-0.4, -0.2) is 37.9 Å². The van der Waals surface area contributed by atoms with E-state index in [-0.39, 0.29) is 18.3 Å². The van der Waals surface area contributed by atoms with E-state index in [1.807, 2.05) is 30.3 Å². The molecule has 1 aliphatic heterocycles. The Morgan fingerprint density at radius 2 is 1.67 bits per heavy atom. The van der Waals surface area contributed by atoms with Crippen molar-refractivity contribution in [3.8, 4) is 5.75 Å². The van der Waals surface area contributed by atoms with Gasteiger partial charge in [0.25, 0.3) is 0 Å². The molecule has 0 radical (unpaired) electrons. The van der Waals surface area contributed by atoms with Crippen LogP contribution in [0, 0.1) is 0 Å². The molecule has 2 aromatic rings. The van der Waals surface area contributed by atoms with Gasteiger partial charge < -0.3 is 4.74 Å². The van der Waals surface area contributed by atoms with Crippen LogP contribution in [-0.2, 0) is 10.0 Å². The normalized spacial score (nSPS) is 19.4. The molecule has 0 amide bonds. The van der Waals surface area contributed by atoms with Gasteiger partial charge in [-0.05, 0) is 24.1 Å². The second kappa shape index (κ2) is 8.12. The van der Waals surface area contributed by atoms with Crippen molar-refractivity contribution in [2.75, 3.05) is 18.8 Å². The second-order valence-corrected chi connectivity index (χ2v) is 9.17. The summed E-state index contributed by atoms with van der Waals surface area (Å²) in [5, 5.41) is 0.146. The maximum Gasteiger partial charge on any atom is 0.573 e. The van der Waals surface area contributed by atoms with Crippen LogP contribution >= 0.6 is 11.8 Å². The Bertz CT molecular complexity index is 873. The molecule has 0 spiro atoms. The molecule has 9 heteroatoms. The Morgan fingerprint density at radius 3 is 2.37 bits per heavy atom. The lowest BCUT2D eigenvalue weighted by Crippen LogP contribution is -2.33. The highest BCUT2D eigenvalue weighted by Crippen LogP contribution is 2.37. The predicted octanol–water partition coefficient (Wildman–Crippen LogP) is 4.45. The Morgan fingerprint density at radius 1 is 1.00 bits per heavy atom. The van der Waals surface area contributed by atoms with Gasteiger partial charge in [-0.3, -0.25) is 0 Å². The number of benzene rings is 2. The Balaban J connectivity index is 1.82. The van der Waals surface area contributed by atoms with Gasteiger partial charge in [-0.1, -0.05) is 42.5 Å². The molecule has 0 unspecified atom stereocenters. The smallest absolute Gasteiger partial charge is 0.404 e. The van der Waals surface area contributed by atoms with E-state index in [0.717, 1.165) is 17.7 Å². The summed E-state index contributed by atoms with van der Waals surface area (Å²) >= 11 is 1.65. The van der Waals surface area contributed by atoms with Crippen LogP contribution in [0.15, 0.2) is 59.5 Å². The van der Waals surface area contributed by atoms with Gasteiger partial charge in [0.05, 0.1) is 0 Å². The molecule has 27 heavy (non-hydrogen) atoms. The molecule has 0 N–H and O–H groups in total. The molecular weight excluding hydrogens is 399 g/mol. The van der Waals surface area contributed by atoms with Gasteiger partial charge in [0.1, 0.15) is 10.6 Å². The molecule has 146 valence electrons. The van der Waals surface area contributed by atoms with Crippen molar-refractivity contribution < 1.29 is 26.3 Å². The number of sulfonamides is 1. The second-order valence-electron chi connectivity index (χ2n) is 5.96. The van der Waals surface area contributed by atoms with Crippen LogP contribution in [0.4, 0.5) is 13.2 Å². The lowest BCUT2D eigenvalue weighted by atomic mass is 10.1. The molecule has 1 heterocycles. The third-order valence-corrected chi connectivity index (χ3v) is 7.43. The number of thioether (sulfide) groups is 1. The van der Waals surface area contributed by atoms with E-state index in [0.29, 0.717) is 12.2 Å². The molecule has 1 saturated heterocycles. The zero-order valence-corrected chi connectivity index (χ0v) is 15.9. The molecule has 4 nitrogen and oxygen atoms in total. The Labute approximate surface area is 160 Å². The summed E-state index contributed by atoms with van der Waals surface area (Å²) in [5.41, 5.74) is 1.11. The highest BCUT2D eigenvalue weighted by Gasteiger charge is 2.36. The molecule has 0 saturated carbocycles. The number of ether oxygens (including phenoxy) is 1. The summed E-state index contributed by atoms with van der Waals surface area (Å²) in [7, 11) is -4.10. The first-order valence-corrected chi connectivity index (χ1v) is 10.8. The number of rotatable bonds is 4. The quantitative estimate of drug-likeness (QED) is 0.737. The first kappa shape index (κ1) is 20.0. The van der Waals surface area contributed by atoms with Crippen molar-refractivity contribution in [1.82, 2.24) is 4.31 Å². The van der Waals surface area contributed by atoms with E-state index in [1.165, 1.54) is 16.4 Å². The summed E-state index contributed by atoms with van der Waals surface area (Å²) < 4.78 is 68.9. The van der Waals surface area contributed by atoms with E-state index < -0.39 is 27.0 Å². The number of hydrogen-bond acceptors (Lipinski definition) is 4. The minimum atomic E-state index is -4.96. The van der Waals surface area contributed by atoms with Gasteiger partial charge >= 0.3 is 6.36 Å². The van der Waals surface area contributed by atoms with E-state index in [4.69, 9.17) is 0 Å². The predicted molar refractivity (Wildman–Crippen MR) is 98.1 cm³/mol. The highest BCUT2D eigenvalue weighted by atomic mass is 32.2. The minimum Gasteiger partial charge on any atom is -0.404 e. The average Bonchev–Trinajstić information content (AvgIpc) is 2.88. The molecule has 3 rings (SSSR count). The lowest BCUT2D eigenvalue weighted by molar-refractivity contribution is -0.275. The largest absolute Gasteiger partial charge is 0.573 e. The lowest BCUT2D eigenvalue weighted by Gasteiger charge is -2.22. The van der Waals surface area contributed by atoms with Crippen LogP contribution in [0.25, 0.3) is 0 Å². The zero-order valence-electron chi connectivity index (χ0n) is 14.2. The standard InChI is InChI=1S/C18H18F3NO3S2/c19-18(20,21)25-15-8-4-5-9-17(15)27(23,24)22-11-10-16(26-13-12-22)14-6-2-1-3-7-14/h1-9,16H,10-13H2/t16-/m0/s1. The number of alkyl halides is 3. The maximum absolute atomic E-state index is 13.0. The topological polar surface area (TPSA) is 46.6 Å². The first-order valence-electron chi connectivity index (χ1n) is 8.29. The van der Waals surface area contributed by atoms with Crippen LogP contribution in [0.3, 0.4) is 0 Å². The molecule has 1 aliphatic rings. The molecule has 0 aromatic heterocycles. The molecule has 2 aromatic carbocycles. The van der Waals surface area contributed by atoms with Crippen molar-refractivity contribution in [3.63, 3.8) is 0 Å². The SMILES string of the molecule is O=S(=O)(c1ccccc1OC(F)(F)F)N1CCS[C@H](c2ccccc2)CC1. The van der Waals surface area contributed by atoms with Crippen molar-refractivity contribution in [3.05, 3.63) is 60.2 Å². The summed E-state index contributed by atoms with van der Waals surface area (Å²) in [4.78, 5) is -0.467. The van der Waals surface area contributed by atoms with E-state index in [9.17, 15) is 21.6 Å². The van der Waals surface area contributed by atoms with Crippen LogP contribution in [0.5, 0.6) is 5.75 Å². The van der Waals surface area contributed by atoms with Crippen LogP contribution < -0.4 is 4.74 Å². The van der Waals surface area contributed by atoms with E-state index in [1.54, 1.807) is 11.8 Å². The average molecular weight is 417 g/mol. The van der Waals surface area contributed by atoms with Gasteiger partial charge in [-0.25, -0.2) is 8.42 Å². The number of halogens is 3. The molecule has 0 bridgehead atoms. The molecule has 1 atom stereocenters. The van der Waals surface area contributed by atoms with Gasteiger partial charge in [0.15, 0.2) is 0 Å². The summed E-state index contributed by atoms with van der Waals surface area (Å²) in [5.74, 6) is -0.150. The summed E-state index contributed by atoms with van der Waals surface area (Å²) in [6, 6.07) is 14.6. The van der Waals surface area contributed by atoms with Crippen LogP contribution in [0.2, 0.25) is 0 Å². The van der Waals surface area contributed by atoms with Gasteiger partial charge in [-0.15, -0.1) is 13.2 Å². The number of para-hydroxylation sites is 1. The summed E-state index contributed by atoms with van der Waals surface area (Å²) in [6.07, 6.45) is -4.38. The van der Waals surface area contributed by atoms with Crippen molar-refractivity contribution in [2.24, 2.45) is 0 Å². The van der Waals surface area contributed by atoms with Gasteiger partial charge in [-0.2, -0.15) is 16.1 Å². The maximum atomic E-state index is 13.0. The fraction of sp³-hybridized carbons (Fsp3) is 0.333. The first-order chi connectivity index (χ1) is 12.8. The van der Waals surface area contributed by atoms with Gasteiger partial charge in [0.2, 0.25) is 10.0 Å². The van der Waals surface area contributed by atoms with Crippen LogP contribution in [0.1, 0.15) is 17.2 Å². The van der Waals surface area contributed by atoms with Gasteiger partial charge in [0, 0.05) is 24.1 Å². The van der Waals surface area contributed by atoms with E-state index >= 15 is 0 Å². The third kappa shape index (κ3) is 4.97. The molecule has 0 aliphatic carbocycles. The highest BCUT2D eigenvalue weighted by molar-refractivity contribution is 7.99. The van der Waals surface area contributed by atoms with Crippen molar-refractivity contribution in [1.29, 1.82) is 0 Å². The molecular formula is C18H18F3NO3S2.